The summed E-state index contributed by atoms with van der Waals surface area (Å²) in [6.45, 7) is 3.24. The van der Waals surface area contributed by atoms with Crippen molar-refractivity contribution in [2.24, 2.45) is 5.92 Å². The predicted molar refractivity (Wildman–Crippen MR) is 128 cm³/mol. The summed E-state index contributed by atoms with van der Waals surface area (Å²) in [6.07, 6.45) is 3.13. The summed E-state index contributed by atoms with van der Waals surface area (Å²) >= 11 is 6.44. The van der Waals surface area contributed by atoms with Gasteiger partial charge in [0.2, 0.25) is 0 Å². The van der Waals surface area contributed by atoms with Gasteiger partial charge in [-0.05, 0) is 49.4 Å². The minimum absolute atomic E-state index is 0.0623. The second-order valence-electron chi connectivity index (χ2n) is 8.82. The Morgan fingerprint density at radius 2 is 1.94 bits per heavy atom. The molecule has 3 heterocycles. The number of amides is 4. The van der Waals surface area contributed by atoms with Crippen LogP contribution in [0.15, 0.2) is 42.6 Å². The maximum Gasteiger partial charge on any atom is 0.325 e. The van der Waals surface area contributed by atoms with Crippen molar-refractivity contribution in [2.75, 3.05) is 33.4 Å². The highest BCUT2D eigenvalue weighted by molar-refractivity contribution is 6.31. The molecule has 0 spiro atoms. The molecule has 180 valence electrons. The number of methoxy groups -OCH3 is 1. The Labute approximate surface area is 204 Å². The largest absolute Gasteiger partial charge is 0.383 e. The third kappa shape index (κ3) is 4.52. The molecule has 9 heteroatoms. The number of hydrogen-bond donors (Lipinski definition) is 1. The number of aryl methyl sites for hydroxylation is 1. The van der Waals surface area contributed by atoms with E-state index >= 15 is 0 Å². The molecule has 34 heavy (non-hydrogen) atoms. The Bertz CT molecular complexity index is 1090. The van der Waals surface area contributed by atoms with E-state index in [9.17, 15) is 14.4 Å². The highest BCUT2D eigenvalue weighted by atomic mass is 35.5. The Kier molecular flexibility index (Phi) is 7.19. The van der Waals surface area contributed by atoms with Crippen LogP contribution in [0, 0.1) is 12.8 Å². The molecule has 2 saturated heterocycles. The second-order valence-corrected chi connectivity index (χ2v) is 9.23. The molecule has 2 aliphatic rings. The standard InChI is InChI=1S/C25H29ClN4O4/c1-17-20(7-5-11-27-17)22(31)29-12-9-19(10-13-29)25(16-18-6-3-4-8-21(18)26)23(32)30(14-15-34-2)24(33)28-25/h3-8,11,19H,9-10,12-16H2,1-2H3,(H,28,33)/t25-/m0/s1. The number of nitrogens with zero attached hydrogens (tertiary/aromatic N) is 3. The molecule has 4 rings (SSSR count). The van der Waals surface area contributed by atoms with Crippen molar-refractivity contribution >= 4 is 29.4 Å². The van der Waals surface area contributed by atoms with E-state index in [4.69, 9.17) is 16.3 Å². The Morgan fingerprint density at radius 1 is 1.21 bits per heavy atom. The lowest BCUT2D eigenvalue weighted by Gasteiger charge is -2.41. The molecule has 1 aromatic heterocycles. The number of ether oxygens (including phenoxy) is 1. The lowest BCUT2D eigenvalue weighted by molar-refractivity contribution is -0.134. The van der Waals surface area contributed by atoms with Crippen LogP contribution in [0.25, 0.3) is 0 Å². The van der Waals surface area contributed by atoms with Crippen molar-refractivity contribution in [1.82, 2.24) is 20.1 Å². The molecule has 2 aliphatic heterocycles. The normalized spacial score (nSPS) is 21.1. The van der Waals surface area contributed by atoms with E-state index in [2.05, 4.69) is 10.3 Å². The van der Waals surface area contributed by atoms with Gasteiger partial charge in [0.15, 0.2) is 0 Å². The molecule has 0 aliphatic carbocycles. The van der Waals surface area contributed by atoms with Crippen molar-refractivity contribution in [3.63, 3.8) is 0 Å². The fraction of sp³-hybridized carbons (Fsp3) is 0.440. The van der Waals surface area contributed by atoms with Crippen molar-refractivity contribution < 1.29 is 19.1 Å². The van der Waals surface area contributed by atoms with Gasteiger partial charge in [-0.15, -0.1) is 0 Å². The molecule has 1 atom stereocenters. The van der Waals surface area contributed by atoms with E-state index in [1.165, 1.54) is 12.0 Å². The van der Waals surface area contributed by atoms with E-state index in [1.54, 1.807) is 29.3 Å². The quantitative estimate of drug-likeness (QED) is 0.610. The number of likely N-dealkylation sites (tertiary alicyclic amines) is 1. The van der Waals surface area contributed by atoms with Gasteiger partial charge in [-0.2, -0.15) is 0 Å². The predicted octanol–water partition coefficient (Wildman–Crippen LogP) is 3.08. The maximum atomic E-state index is 13.7. The van der Waals surface area contributed by atoms with Gasteiger partial charge in [0.05, 0.1) is 18.7 Å². The van der Waals surface area contributed by atoms with E-state index in [0.717, 1.165) is 5.56 Å². The minimum atomic E-state index is -1.12. The average Bonchev–Trinajstić information content (AvgIpc) is 3.08. The minimum Gasteiger partial charge on any atom is -0.383 e. The molecular formula is C25H29ClN4O4. The summed E-state index contributed by atoms with van der Waals surface area (Å²) in [5.74, 6) is -0.470. The molecule has 2 fully saturated rings. The highest BCUT2D eigenvalue weighted by Crippen LogP contribution is 2.38. The molecular weight excluding hydrogens is 456 g/mol. The summed E-state index contributed by atoms with van der Waals surface area (Å²) < 4.78 is 5.10. The number of carbonyl (C=O) groups excluding carboxylic acids is 3. The summed E-state index contributed by atoms with van der Waals surface area (Å²) in [5.41, 5.74) is 0.963. The van der Waals surface area contributed by atoms with Crippen molar-refractivity contribution in [3.05, 3.63) is 64.4 Å². The van der Waals surface area contributed by atoms with E-state index in [-0.39, 0.29) is 30.9 Å². The molecule has 0 radical (unpaired) electrons. The number of halogens is 1. The molecule has 1 aromatic carbocycles. The molecule has 1 N–H and O–H groups in total. The molecule has 8 nitrogen and oxygen atoms in total. The van der Waals surface area contributed by atoms with Gasteiger partial charge in [-0.25, -0.2) is 4.79 Å². The van der Waals surface area contributed by atoms with Gasteiger partial charge in [0.1, 0.15) is 5.54 Å². The zero-order valence-electron chi connectivity index (χ0n) is 19.4. The summed E-state index contributed by atoms with van der Waals surface area (Å²) in [5, 5.41) is 3.57. The van der Waals surface area contributed by atoms with Crippen LogP contribution in [0.1, 0.15) is 34.5 Å². The van der Waals surface area contributed by atoms with Crippen LogP contribution in [0.3, 0.4) is 0 Å². The monoisotopic (exact) mass is 484 g/mol. The van der Waals surface area contributed by atoms with E-state index < -0.39 is 11.6 Å². The summed E-state index contributed by atoms with van der Waals surface area (Å²) in [6, 6.07) is 10.5. The number of carbonyl (C=O) groups is 3. The van der Waals surface area contributed by atoms with E-state index in [1.807, 2.05) is 25.1 Å². The summed E-state index contributed by atoms with van der Waals surface area (Å²) in [4.78, 5) is 46.9. The fourth-order valence-corrected chi connectivity index (χ4v) is 5.17. The maximum absolute atomic E-state index is 13.7. The zero-order valence-corrected chi connectivity index (χ0v) is 20.2. The zero-order chi connectivity index (χ0) is 24.3. The first-order chi connectivity index (χ1) is 16.4. The van der Waals surface area contributed by atoms with Crippen LogP contribution in [-0.2, 0) is 16.0 Å². The Balaban J connectivity index is 1.58. The molecule has 0 unspecified atom stereocenters. The van der Waals surface area contributed by atoms with Gasteiger partial charge in [-0.1, -0.05) is 29.8 Å². The molecule has 0 bridgehead atoms. The number of imide groups is 1. The van der Waals surface area contributed by atoms with Crippen LogP contribution >= 0.6 is 11.6 Å². The lowest BCUT2D eigenvalue weighted by Crippen LogP contribution is -2.58. The van der Waals surface area contributed by atoms with Gasteiger partial charge in [0.25, 0.3) is 11.8 Å². The van der Waals surface area contributed by atoms with Gasteiger partial charge >= 0.3 is 6.03 Å². The number of urea groups is 1. The lowest BCUT2D eigenvalue weighted by atomic mass is 9.73. The van der Waals surface area contributed by atoms with Crippen molar-refractivity contribution in [1.29, 1.82) is 0 Å². The number of hydrogen-bond acceptors (Lipinski definition) is 5. The molecule has 0 saturated carbocycles. The number of benzene rings is 1. The first-order valence-electron chi connectivity index (χ1n) is 11.4. The fourth-order valence-electron chi connectivity index (χ4n) is 4.97. The average molecular weight is 485 g/mol. The highest BCUT2D eigenvalue weighted by Gasteiger charge is 2.56. The molecule has 4 amide bonds. The van der Waals surface area contributed by atoms with Crippen LogP contribution in [-0.4, -0.2) is 71.5 Å². The number of pyridine rings is 1. The first-order valence-corrected chi connectivity index (χ1v) is 11.8. The smallest absolute Gasteiger partial charge is 0.325 e. The second kappa shape index (κ2) is 10.1. The SMILES string of the molecule is COCCN1C(=O)N[C@@](Cc2ccccc2Cl)(C2CCN(C(=O)c3cccnc3C)CC2)C1=O. The number of piperidine rings is 1. The Hall–Kier alpha value is -2.97. The number of nitrogens with one attached hydrogen (secondary N) is 1. The van der Waals surface area contributed by atoms with Crippen LogP contribution < -0.4 is 5.32 Å². The first kappa shape index (κ1) is 24.2. The summed E-state index contributed by atoms with van der Waals surface area (Å²) in [7, 11) is 1.53. The van der Waals surface area contributed by atoms with Gasteiger partial charge < -0.3 is 15.0 Å². The third-order valence-corrected chi connectivity index (χ3v) is 7.23. The molecule has 2 aromatic rings. The van der Waals surface area contributed by atoms with Crippen molar-refractivity contribution in [2.45, 2.75) is 31.7 Å². The van der Waals surface area contributed by atoms with Crippen LogP contribution in [0.4, 0.5) is 4.79 Å². The number of rotatable bonds is 7. The van der Waals surface area contributed by atoms with Crippen molar-refractivity contribution in [3.8, 4) is 0 Å². The van der Waals surface area contributed by atoms with E-state index in [0.29, 0.717) is 48.6 Å². The van der Waals surface area contributed by atoms with Gasteiger partial charge in [0, 0.05) is 43.5 Å². The topological polar surface area (TPSA) is 91.8 Å². The van der Waals surface area contributed by atoms with Crippen LogP contribution in [0.5, 0.6) is 0 Å². The Morgan fingerprint density at radius 3 is 2.62 bits per heavy atom. The number of aromatic nitrogens is 1. The van der Waals surface area contributed by atoms with Crippen LogP contribution in [0.2, 0.25) is 5.02 Å². The van der Waals surface area contributed by atoms with Gasteiger partial charge in [-0.3, -0.25) is 19.5 Å². The third-order valence-electron chi connectivity index (χ3n) is 6.86.